The minimum absolute atomic E-state index is 0.157. The van der Waals surface area contributed by atoms with Crippen LogP contribution in [0, 0.1) is 6.92 Å². The molecule has 0 saturated carbocycles. The molecule has 0 aromatic carbocycles. The summed E-state index contributed by atoms with van der Waals surface area (Å²) < 4.78 is 48.1. The quantitative estimate of drug-likeness (QED) is 0.677. The van der Waals surface area contributed by atoms with Gasteiger partial charge < -0.3 is 0 Å². The normalized spacial score (nSPS) is 12.5. The molecule has 0 bridgehead atoms. The van der Waals surface area contributed by atoms with E-state index in [0.717, 1.165) is 0 Å². The average molecular weight is 198 g/mol. The fourth-order valence-electron chi connectivity index (χ4n) is 0.648. The van der Waals surface area contributed by atoms with Gasteiger partial charge in [-0.3, -0.25) is 0 Å². The lowest BCUT2D eigenvalue weighted by Crippen LogP contribution is -2.33. The number of halogens is 4. The van der Waals surface area contributed by atoms with Crippen LogP contribution in [-0.2, 0) is 6.54 Å². The molecule has 0 unspecified atom stereocenters. The highest BCUT2D eigenvalue weighted by Crippen LogP contribution is 2.23. The van der Waals surface area contributed by atoms with Gasteiger partial charge in [0.2, 0.25) is 0 Å². The molecule has 1 aromatic rings. The van der Waals surface area contributed by atoms with Gasteiger partial charge in [0.05, 0.1) is 0 Å². The fourth-order valence-corrected chi connectivity index (χ4v) is 0.648. The van der Waals surface area contributed by atoms with Crippen LogP contribution in [0.3, 0.4) is 0 Å². The van der Waals surface area contributed by atoms with Gasteiger partial charge in [-0.1, -0.05) is 0 Å². The Morgan fingerprint density at radius 3 is 2.46 bits per heavy atom. The molecule has 0 aliphatic heterocycles. The smallest absolute Gasteiger partial charge is 0.203 e. The first-order valence-corrected chi connectivity index (χ1v) is 3.32. The standard InChI is InChI=1S/C5H6F4N4/c1-3-10-12-13(11-3)2-5(8,9)4(6)7/h4H,2H2,1H3. The number of aryl methyl sites for hydroxylation is 1. The molecule has 13 heavy (non-hydrogen) atoms. The van der Waals surface area contributed by atoms with Crippen molar-refractivity contribution in [2.24, 2.45) is 0 Å². The van der Waals surface area contributed by atoms with E-state index in [-0.39, 0.29) is 5.82 Å². The van der Waals surface area contributed by atoms with Crippen LogP contribution in [0.4, 0.5) is 17.6 Å². The Bertz CT molecular complexity index is 284. The zero-order chi connectivity index (χ0) is 10.1. The van der Waals surface area contributed by atoms with E-state index in [1.54, 1.807) is 0 Å². The summed E-state index contributed by atoms with van der Waals surface area (Å²) in [6.07, 6.45) is -3.72. The molecule has 4 nitrogen and oxygen atoms in total. The summed E-state index contributed by atoms with van der Waals surface area (Å²) in [6.45, 7) is 0.162. The molecule has 0 spiro atoms. The van der Waals surface area contributed by atoms with Crippen molar-refractivity contribution in [3.8, 4) is 0 Å². The van der Waals surface area contributed by atoms with E-state index in [9.17, 15) is 17.6 Å². The van der Waals surface area contributed by atoms with Crippen molar-refractivity contribution in [2.75, 3.05) is 0 Å². The van der Waals surface area contributed by atoms with Crippen molar-refractivity contribution in [3.05, 3.63) is 5.82 Å². The number of nitrogens with zero attached hydrogens (tertiary/aromatic N) is 4. The predicted octanol–water partition coefficient (Wildman–Crippen LogP) is 0.882. The van der Waals surface area contributed by atoms with Crippen LogP contribution < -0.4 is 0 Å². The first-order valence-electron chi connectivity index (χ1n) is 3.32. The third kappa shape index (κ3) is 2.36. The molecule has 74 valence electrons. The van der Waals surface area contributed by atoms with E-state index < -0.39 is 18.9 Å². The van der Waals surface area contributed by atoms with Gasteiger partial charge in [0.1, 0.15) is 6.54 Å². The Balaban J connectivity index is 2.68. The van der Waals surface area contributed by atoms with Gasteiger partial charge in [-0.15, -0.1) is 10.2 Å². The van der Waals surface area contributed by atoms with Gasteiger partial charge in [0.25, 0.3) is 0 Å². The van der Waals surface area contributed by atoms with Crippen LogP contribution in [0.2, 0.25) is 0 Å². The molecule has 0 N–H and O–H groups in total. The van der Waals surface area contributed by atoms with Crippen molar-refractivity contribution in [3.63, 3.8) is 0 Å². The molecule has 0 radical (unpaired) electrons. The first-order chi connectivity index (χ1) is 5.92. The SMILES string of the molecule is Cc1nnn(CC(F)(F)C(F)F)n1. The van der Waals surface area contributed by atoms with Crippen LogP contribution in [0.1, 0.15) is 5.82 Å². The molecule has 0 fully saturated rings. The summed E-state index contributed by atoms with van der Waals surface area (Å²) in [4.78, 5) is 0.446. The Labute approximate surface area is 70.5 Å². The van der Waals surface area contributed by atoms with Gasteiger partial charge in [0, 0.05) is 0 Å². The van der Waals surface area contributed by atoms with Crippen molar-refractivity contribution in [1.82, 2.24) is 20.2 Å². The minimum atomic E-state index is -4.12. The zero-order valence-corrected chi connectivity index (χ0v) is 6.59. The second kappa shape index (κ2) is 3.27. The molecule has 0 aliphatic carbocycles. The average Bonchev–Trinajstić information content (AvgIpc) is 2.34. The fraction of sp³-hybridized carbons (Fsp3) is 0.800. The van der Waals surface area contributed by atoms with Crippen LogP contribution in [0.15, 0.2) is 0 Å². The summed E-state index contributed by atoms with van der Waals surface area (Å²) >= 11 is 0. The molecule has 0 aliphatic rings. The minimum Gasteiger partial charge on any atom is -0.203 e. The molecular formula is C5H6F4N4. The predicted molar refractivity (Wildman–Crippen MR) is 33.5 cm³/mol. The number of hydrogen-bond acceptors (Lipinski definition) is 3. The Morgan fingerprint density at radius 2 is 2.08 bits per heavy atom. The number of rotatable bonds is 3. The van der Waals surface area contributed by atoms with E-state index in [1.165, 1.54) is 6.92 Å². The number of aromatic nitrogens is 4. The van der Waals surface area contributed by atoms with E-state index in [4.69, 9.17) is 0 Å². The van der Waals surface area contributed by atoms with Crippen molar-refractivity contribution in [2.45, 2.75) is 25.8 Å². The summed E-state index contributed by atoms with van der Waals surface area (Å²) in [5, 5.41) is 9.77. The van der Waals surface area contributed by atoms with Gasteiger partial charge in [-0.05, 0) is 12.1 Å². The molecule has 1 heterocycles. The third-order valence-corrected chi connectivity index (χ3v) is 1.22. The molecule has 0 saturated heterocycles. The lowest BCUT2D eigenvalue weighted by molar-refractivity contribution is -0.141. The molecule has 0 amide bonds. The van der Waals surface area contributed by atoms with Crippen LogP contribution >= 0.6 is 0 Å². The second-order valence-electron chi connectivity index (χ2n) is 2.43. The van der Waals surface area contributed by atoms with Crippen LogP contribution in [-0.4, -0.2) is 32.6 Å². The maximum Gasteiger partial charge on any atom is 0.328 e. The zero-order valence-electron chi connectivity index (χ0n) is 6.59. The first kappa shape index (κ1) is 9.87. The van der Waals surface area contributed by atoms with Crippen LogP contribution in [0.25, 0.3) is 0 Å². The highest BCUT2D eigenvalue weighted by molar-refractivity contribution is 4.71. The molecule has 1 rings (SSSR count). The van der Waals surface area contributed by atoms with Crippen LogP contribution in [0.5, 0.6) is 0 Å². The van der Waals surface area contributed by atoms with E-state index in [0.29, 0.717) is 4.80 Å². The molecular weight excluding hydrogens is 192 g/mol. The Hall–Kier alpha value is -1.21. The molecule has 1 aromatic heterocycles. The monoisotopic (exact) mass is 198 g/mol. The van der Waals surface area contributed by atoms with Crippen molar-refractivity contribution < 1.29 is 17.6 Å². The maximum atomic E-state index is 12.4. The highest BCUT2D eigenvalue weighted by atomic mass is 19.3. The Kier molecular flexibility index (Phi) is 2.48. The lowest BCUT2D eigenvalue weighted by Gasteiger charge is -2.12. The summed E-state index contributed by atoms with van der Waals surface area (Å²) in [5.41, 5.74) is 0. The van der Waals surface area contributed by atoms with Crippen molar-refractivity contribution in [1.29, 1.82) is 0 Å². The molecule has 8 heteroatoms. The second-order valence-corrected chi connectivity index (χ2v) is 2.43. The summed E-state index contributed by atoms with van der Waals surface area (Å²) in [6, 6.07) is 0. The van der Waals surface area contributed by atoms with Gasteiger partial charge in [-0.25, -0.2) is 8.78 Å². The number of tetrazole rings is 1. The van der Waals surface area contributed by atoms with E-state index in [2.05, 4.69) is 15.4 Å². The van der Waals surface area contributed by atoms with E-state index >= 15 is 0 Å². The van der Waals surface area contributed by atoms with Gasteiger partial charge in [0.15, 0.2) is 5.82 Å². The van der Waals surface area contributed by atoms with E-state index in [1.807, 2.05) is 0 Å². The van der Waals surface area contributed by atoms with Gasteiger partial charge in [-0.2, -0.15) is 13.6 Å². The summed E-state index contributed by atoms with van der Waals surface area (Å²) in [5.74, 6) is -3.96. The number of alkyl halides is 4. The maximum absolute atomic E-state index is 12.4. The van der Waals surface area contributed by atoms with Crippen molar-refractivity contribution >= 4 is 0 Å². The lowest BCUT2D eigenvalue weighted by atomic mass is 10.3. The Morgan fingerprint density at radius 1 is 1.46 bits per heavy atom. The highest BCUT2D eigenvalue weighted by Gasteiger charge is 2.41. The molecule has 0 atom stereocenters. The summed E-state index contributed by atoms with van der Waals surface area (Å²) in [7, 11) is 0. The largest absolute Gasteiger partial charge is 0.328 e. The third-order valence-electron chi connectivity index (χ3n) is 1.22. The number of hydrogen-bond donors (Lipinski definition) is 0. The topological polar surface area (TPSA) is 43.6 Å². The van der Waals surface area contributed by atoms with Gasteiger partial charge >= 0.3 is 12.3 Å².